The Labute approximate surface area is 117 Å². The van der Waals surface area contributed by atoms with Crippen molar-refractivity contribution in [3.63, 3.8) is 0 Å². The standard InChI is InChI=1S/C16H29NO2/c1-15(2)6-5-14(19-15)11-16(7-9-18-10-8-16)12-17-13-3-4-13/h13-14,17H,3-12H2,1-2H3. The average Bonchev–Trinajstić information content (AvgIpc) is 3.14. The van der Waals surface area contributed by atoms with Crippen LogP contribution < -0.4 is 5.32 Å². The molecule has 1 N–H and O–H groups in total. The van der Waals surface area contributed by atoms with E-state index >= 15 is 0 Å². The van der Waals surface area contributed by atoms with Crippen LogP contribution in [-0.2, 0) is 9.47 Å². The van der Waals surface area contributed by atoms with Crippen molar-refractivity contribution in [2.24, 2.45) is 5.41 Å². The molecule has 0 bridgehead atoms. The van der Waals surface area contributed by atoms with Crippen molar-refractivity contribution in [1.82, 2.24) is 5.32 Å². The zero-order valence-electron chi connectivity index (χ0n) is 12.5. The summed E-state index contributed by atoms with van der Waals surface area (Å²) < 4.78 is 11.8. The molecule has 0 aromatic heterocycles. The molecule has 19 heavy (non-hydrogen) atoms. The van der Waals surface area contributed by atoms with Gasteiger partial charge < -0.3 is 14.8 Å². The van der Waals surface area contributed by atoms with E-state index < -0.39 is 0 Å². The fourth-order valence-corrected chi connectivity index (χ4v) is 3.61. The van der Waals surface area contributed by atoms with Gasteiger partial charge in [0.25, 0.3) is 0 Å². The molecule has 1 unspecified atom stereocenters. The van der Waals surface area contributed by atoms with Gasteiger partial charge >= 0.3 is 0 Å². The molecule has 2 aliphatic heterocycles. The fourth-order valence-electron chi connectivity index (χ4n) is 3.61. The molecule has 1 atom stereocenters. The highest BCUT2D eigenvalue weighted by atomic mass is 16.5. The zero-order valence-corrected chi connectivity index (χ0v) is 12.5. The molecule has 0 aromatic rings. The lowest BCUT2D eigenvalue weighted by molar-refractivity contribution is -0.0584. The number of hydrogen-bond donors (Lipinski definition) is 1. The molecule has 0 aromatic carbocycles. The molecule has 2 heterocycles. The molecule has 110 valence electrons. The maximum Gasteiger partial charge on any atom is 0.0631 e. The number of ether oxygens (including phenoxy) is 2. The molecule has 3 heteroatoms. The van der Waals surface area contributed by atoms with E-state index in [2.05, 4.69) is 19.2 Å². The highest BCUT2D eigenvalue weighted by Gasteiger charge is 2.40. The summed E-state index contributed by atoms with van der Waals surface area (Å²) in [6.45, 7) is 7.49. The van der Waals surface area contributed by atoms with Crippen LogP contribution in [-0.4, -0.2) is 37.5 Å². The van der Waals surface area contributed by atoms with Crippen molar-refractivity contribution in [2.75, 3.05) is 19.8 Å². The van der Waals surface area contributed by atoms with Crippen molar-refractivity contribution in [3.05, 3.63) is 0 Å². The van der Waals surface area contributed by atoms with Gasteiger partial charge in [-0.25, -0.2) is 0 Å². The quantitative estimate of drug-likeness (QED) is 0.831. The Morgan fingerprint density at radius 3 is 2.37 bits per heavy atom. The Kier molecular flexibility index (Phi) is 3.89. The first-order chi connectivity index (χ1) is 9.07. The summed E-state index contributed by atoms with van der Waals surface area (Å²) in [6.07, 6.45) is 9.28. The second-order valence-corrected chi connectivity index (χ2v) is 7.51. The summed E-state index contributed by atoms with van der Waals surface area (Å²) in [4.78, 5) is 0. The Hall–Kier alpha value is -0.120. The summed E-state index contributed by atoms with van der Waals surface area (Å²) in [7, 11) is 0. The largest absolute Gasteiger partial charge is 0.381 e. The smallest absolute Gasteiger partial charge is 0.0631 e. The van der Waals surface area contributed by atoms with Gasteiger partial charge in [-0.2, -0.15) is 0 Å². The summed E-state index contributed by atoms with van der Waals surface area (Å²) in [5.74, 6) is 0. The van der Waals surface area contributed by atoms with E-state index in [1.54, 1.807) is 0 Å². The van der Waals surface area contributed by atoms with E-state index in [0.29, 0.717) is 11.5 Å². The minimum atomic E-state index is 0.0982. The predicted octanol–water partition coefficient (Wildman–Crippen LogP) is 2.88. The van der Waals surface area contributed by atoms with E-state index in [9.17, 15) is 0 Å². The normalized spacial score (nSPS) is 33.5. The fraction of sp³-hybridized carbons (Fsp3) is 1.00. The van der Waals surface area contributed by atoms with Crippen LogP contribution in [0.5, 0.6) is 0 Å². The van der Waals surface area contributed by atoms with Gasteiger partial charge in [-0.15, -0.1) is 0 Å². The van der Waals surface area contributed by atoms with Crippen molar-refractivity contribution >= 4 is 0 Å². The van der Waals surface area contributed by atoms with Gasteiger partial charge in [0.05, 0.1) is 11.7 Å². The first-order valence-corrected chi connectivity index (χ1v) is 8.06. The molecule has 3 rings (SSSR count). The van der Waals surface area contributed by atoms with E-state index in [1.165, 1.54) is 51.5 Å². The van der Waals surface area contributed by atoms with Crippen molar-refractivity contribution in [1.29, 1.82) is 0 Å². The molecule has 0 radical (unpaired) electrons. The molecule has 3 fully saturated rings. The zero-order chi connectivity index (χ0) is 13.3. The highest BCUT2D eigenvalue weighted by molar-refractivity contribution is 4.93. The summed E-state index contributed by atoms with van der Waals surface area (Å²) >= 11 is 0. The van der Waals surface area contributed by atoms with Gasteiger partial charge in [-0.3, -0.25) is 0 Å². The summed E-state index contributed by atoms with van der Waals surface area (Å²) in [5.41, 5.74) is 0.521. The Bertz CT molecular complexity index is 306. The molecule has 3 nitrogen and oxygen atoms in total. The third-order valence-electron chi connectivity index (χ3n) is 5.11. The molecule has 2 saturated heterocycles. The minimum Gasteiger partial charge on any atom is -0.381 e. The minimum absolute atomic E-state index is 0.0982. The van der Waals surface area contributed by atoms with Gasteiger partial charge in [0.1, 0.15) is 0 Å². The molecule has 3 aliphatic rings. The predicted molar refractivity (Wildman–Crippen MR) is 76.3 cm³/mol. The van der Waals surface area contributed by atoms with Gasteiger partial charge in [-0.1, -0.05) is 0 Å². The van der Waals surface area contributed by atoms with Crippen molar-refractivity contribution in [3.8, 4) is 0 Å². The number of rotatable bonds is 5. The Morgan fingerprint density at radius 1 is 1.05 bits per heavy atom. The van der Waals surface area contributed by atoms with Crippen LogP contribution in [0.2, 0.25) is 0 Å². The van der Waals surface area contributed by atoms with Crippen LogP contribution in [0.15, 0.2) is 0 Å². The molecule has 0 spiro atoms. The lowest BCUT2D eigenvalue weighted by Gasteiger charge is -2.39. The summed E-state index contributed by atoms with van der Waals surface area (Å²) in [5, 5.41) is 3.75. The van der Waals surface area contributed by atoms with E-state index in [0.717, 1.165) is 19.3 Å². The number of hydrogen-bond acceptors (Lipinski definition) is 3. The molecule has 1 saturated carbocycles. The van der Waals surface area contributed by atoms with Crippen LogP contribution in [0.1, 0.15) is 58.8 Å². The second kappa shape index (κ2) is 5.34. The van der Waals surface area contributed by atoms with E-state index in [4.69, 9.17) is 9.47 Å². The van der Waals surface area contributed by atoms with Crippen molar-refractivity contribution in [2.45, 2.75) is 76.5 Å². The lowest BCUT2D eigenvalue weighted by Crippen LogP contribution is -2.42. The molecule has 0 amide bonds. The number of nitrogens with one attached hydrogen (secondary N) is 1. The molecule has 1 aliphatic carbocycles. The average molecular weight is 267 g/mol. The maximum absolute atomic E-state index is 6.23. The van der Waals surface area contributed by atoms with E-state index in [1.807, 2.05) is 0 Å². The van der Waals surface area contributed by atoms with Gasteiger partial charge in [-0.05, 0) is 64.2 Å². The van der Waals surface area contributed by atoms with Crippen LogP contribution >= 0.6 is 0 Å². The molecular formula is C16H29NO2. The van der Waals surface area contributed by atoms with Crippen LogP contribution in [0.25, 0.3) is 0 Å². The van der Waals surface area contributed by atoms with Crippen LogP contribution in [0.3, 0.4) is 0 Å². The van der Waals surface area contributed by atoms with Crippen molar-refractivity contribution < 1.29 is 9.47 Å². The van der Waals surface area contributed by atoms with Crippen LogP contribution in [0.4, 0.5) is 0 Å². The van der Waals surface area contributed by atoms with Gasteiger partial charge in [0, 0.05) is 25.8 Å². The Balaban J connectivity index is 1.58. The van der Waals surface area contributed by atoms with E-state index in [-0.39, 0.29) is 5.60 Å². The second-order valence-electron chi connectivity index (χ2n) is 7.51. The Morgan fingerprint density at radius 2 is 1.79 bits per heavy atom. The first-order valence-electron chi connectivity index (χ1n) is 8.06. The lowest BCUT2D eigenvalue weighted by atomic mass is 9.75. The maximum atomic E-state index is 6.23. The van der Waals surface area contributed by atoms with Gasteiger partial charge in [0.2, 0.25) is 0 Å². The summed E-state index contributed by atoms with van der Waals surface area (Å²) in [6, 6.07) is 0.806. The third kappa shape index (κ3) is 3.71. The third-order valence-corrected chi connectivity index (χ3v) is 5.11. The molecular weight excluding hydrogens is 238 g/mol. The van der Waals surface area contributed by atoms with Gasteiger partial charge in [0.15, 0.2) is 0 Å². The van der Waals surface area contributed by atoms with Crippen LogP contribution in [0, 0.1) is 5.41 Å². The monoisotopic (exact) mass is 267 g/mol. The SMILES string of the molecule is CC1(C)CCC(CC2(CNC3CC3)CCOCC2)O1. The topological polar surface area (TPSA) is 30.5 Å². The first kappa shape index (κ1) is 13.8. The highest BCUT2D eigenvalue weighted by Crippen LogP contribution is 2.41.